The van der Waals surface area contributed by atoms with Crippen LogP contribution < -0.4 is 10.4 Å². The zero-order valence-electron chi connectivity index (χ0n) is 8.28. The van der Waals surface area contributed by atoms with Crippen LogP contribution in [0.25, 0.3) is 11.8 Å². The van der Waals surface area contributed by atoms with Crippen molar-refractivity contribution < 1.29 is 9.47 Å². The molecule has 0 aliphatic heterocycles. The minimum Gasteiger partial charge on any atom is -0.490 e. The van der Waals surface area contributed by atoms with Crippen molar-refractivity contribution in [3.8, 4) is 0 Å². The summed E-state index contributed by atoms with van der Waals surface area (Å²) in [5.74, 6) is 0.728. The van der Waals surface area contributed by atoms with Crippen LogP contribution >= 0.6 is 0 Å². The van der Waals surface area contributed by atoms with Crippen molar-refractivity contribution in [3.05, 3.63) is 40.5 Å². The van der Waals surface area contributed by atoms with Crippen LogP contribution in [-0.4, -0.2) is 20.3 Å². The van der Waals surface area contributed by atoms with Crippen LogP contribution in [-0.2, 0) is 9.47 Å². The summed E-state index contributed by atoms with van der Waals surface area (Å²) in [5.41, 5.74) is 3.19. The van der Waals surface area contributed by atoms with Crippen molar-refractivity contribution in [2.24, 2.45) is 0 Å². The third-order valence-electron chi connectivity index (χ3n) is 2.28. The second-order valence-corrected chi connectivity index (χ2v) is 3.10. The monoisotopic (exact) mass is 188 g/mol. The molecule has 1 aliphatic carbocycles. The fourth-order valence-corrected chi connectivity index (χ4v) is 1.54. The number of hydrogen-bond donors (Lipinski definition) is 0. The smallest absolute Gasteiger partial charge is 0.171 e. The van der Waals surface area contributed by atoms with Gasteiger partial charge in [0.05, 0.1) is 7.11 Å². The Bertz CT molecular complexity index is 481. The molecule has 0 radical (unpaired) electrons. The van der Waals surface area contributed by atoms with Crippen LogP contribution in [0.4, 0.5) is 0 Å². The molecule has 2 rings (SSSR count). The average Bonchev–Trinajstić information content (AvgIpc) is 2.27. The zero-order chi connectivity index (χ0) is 9.97. The molecule has 2 nitrogen and oxygen atoms in total. The summed E-state index contributed by atoms with van der Waals surface area (Å²) < 4.78 is 10.5. The summed E-state index contributed by atoms with van der Waals surface area (Å²) in [6.07, 6.45) is 1.92. The van der Waals surface area contributed by atoms with Crippen LogP contribution in [0.3, 0.4) is 0 Å². The lowest BCUT2D eigenvalue weighted by molar-refractivity contribution is 0.122. The highest BCUT2D eigenvalue weighted by Gasteiger charge is 2.12. The Kier molecular flexibility index (Phi) is 2.40. The number of benzene rings is 1. The second-order valence-electron chi connectivity index (χ2n) is 3.10. The van der Waals surface area contributed by atoms with Gasteiger partial charge in [0.25, 0.3) is 0 Å². The van der Waals surface area contributed by atoms with Crippen molar-refractivity contribution in [3.63, 3.8) is 0 Å². The number of ether oxygens (including phenoxy) is 2. The Morgan fingerprint density at radius 1 is 1.21 bits per heavy atom. The largest absolute Gasteiger partial charge is 0.490 e. The molecule has 1 aromatic carbocycles. The Morgan fingerprint density at radius 2 is 2.00 bits per heavy atom. The number of hydrogen-bond acceptors (Lipinski definition) is 2. The molecule has 0 amide bonds. The zero-order valence-corrected chi connectivity index (χ0v) is 8.28. The normalized spacial score (nSPS) is 18.7. The Morgan fingerprint density at radius 3 is 2.71 bits per heavy atom. The van der Waals surface area contributed by atoms with Gasteiger partial charge in [-0.15, -0.1) is 0 Å². The molecule has 1 atom stereocenters. The van der Waals surface area contributed by atoms with E-state index in [2.05, 4.69) is 5.73 Å². The molecule has 1 aromatic rings. The quantitative estimate of drug-likeness (QED) is 0.669. The first-order valence-corrected chi connectivity index (χ1v) is 4.49. The van der Waals surface area contributed by atoms with Crippen molar-refractivity contribution in [1.82, 2.24) is 0 Å². The predicted molar refractivity (Wildman–Crippen MR) is 54.9 cm³/mol. The summed E-state index contributed by atoms with van der Waals surface area (Å²) >= 11 is 0. The first kappa shape index (κ1) is 9.07. The van der Waals surface area contributed by atoms with Crippen LogP contribution in [0.1, 0.15) is 0 Å². The first-order valence-electron chi connectivity index (χ1n) is 4.49. The molecule has 0 saturated heterocycles. The van der Waals surface area contributed by atoms with Gasteiger partial charge in [0.1, 0.15) is 6.10 Å². The van der Waals surface area contributed by atoms with Crippen LogP contribution in [0.2, 0.25) is 0 Å². The summed E-state index contributed by atoms with van der Waals surface area (Å²) in [6, 6.07) is 8.04. The minimum absolute atomic E-state index is 0.116. The van der Waals surface area contributed by atoms with Gasteiger partial charge in [0.2, 0.25) is 0 Å². The molecule has 72 valence electrons. The fourth-order valence-electron chi connectivity index (χ4n) is 1.54. The standard InChI is InChI=1S/C12H12O2/c1-13-11-7-9-5-3-4-6-10(9)8-12(11)14-2/h3-7,11H,1-2H3. The molecule has 0 aromatic heterocycles. The van der Waals surface area contributed by atoms with Gasteiger partial charge in [0.15, 0.2) is 5.76 Å². The molecule has 14 heavy (non-hydrogen) atoms. The molecule has 2 heteroatoms. The Balaban J connectivity index is 2.71. The topological polar surface area (TPSA) is 18.5 Å². The van der Waals surface area contributed by atoms with Gasteiger partial charge >= 0.3 is 0 Å². The molecule has 1 unspecified atom stereocenters. The average molecular weight is 188 g/mol. The number of methoxy groups -OCH3 is 2. The van der Waals surface area contributed by atoms with E-state index in [4.69, 9.17) is 9.47 Å². The van der Waals surface area contributed by atoms with E-state index < -0.39 is 0 Å². The van der Waals surface area contributed by atoms with Gasteiger partial charge in [-0.1, -0.05) is 23.9 Å². The first-order chi connectivity index (χ1) is 6.85. The van der Waals surface area contributed by atoms with Crippen LogP contribution in [0.5, 0.6) is 0 Å². The Labute approximate surface area is 82.8 Å². The van der Waals surface area contributed by atoms with Crippen molar-refractivity contribution in [2.45, 2.75) is 6.10 Å². The van der Waals surface area contributed by atoms with Gasteiger partial charge in [-0.3, -0.25) is 0 Å². The molecule has 0 saturated carbocycles. The summed E-state index contributed by atoms with van der Waals surface area (Å²) in [5, 5.41) is 2.19. The van der Waals surface area contributed by atoms with E-state index in [1.165, 1.54) is 0 Å². The number of fused-ring (bicyclic) bond motifs is 1. The lowest BCUT2D eigenvalue weighted by Crippen LogP contribution is -2.30. The van der Waals surface area contributed by atoms with Gasteiger partial charge in [0, 0.05) is 12.3 Å². The van der Waals surface area contributed by atoms with E-state index in [1.54, 1.807) is 14.2 Å². The van der Waals surface area contributed by atoms with Crippen molar-refractivity contribution in [1.29, 1.82) is 0 Å². The van der Waals surface area contributed by atoms with Crippen molar-refractivity contribution >= 4 is 11.8 Å². The molecule has 0 N–H and O–H groups in total. The Hall–Kier alpha value is -1.50. The van der Waals surface area contributed by atoms with Gasteiger partial charge in [-0.2, -0.15) is 0 Å². The van der Waals surface area contributed by atoms with Gasteiger partial charge in [-0.05, 0) is 17.4 Å². The van der Waals surface area contributed by atoms with E-state index in [-0.39, 0.29) is 6.10 Å². The SMILES string of the molecule is COC1=C=c2ccccc2=CC1OC. The molecule has 0 heterocycles. The van der Waals surface area contributed by atoms with E-state index in [9.17, 15) is 0 Å². The second kappa shape index (κ2) is 3.70. The summed E-state index contributed by atoms with van der Waals surface area (Å²) in [7, 11) is 3.30. The number of rotatable bonds is 2. The van der Waals surface area contributed by atoms with E-state index in [1.807, 2.05) is 30.3 Å². The van der Waals surface area contributed by atoms with E-state index in [0.717, 1.165) is 16.2 Å². The molecule has 0 bridgehead atoms. The molecular weight excluding hydrogens is 176 g/mol. The van der Waals surface area contributed by atoms with Crippen LogP contribution in [0.15, 0.2) is 30.0 Å². The minimum atomic E-state index is -0.116. The molecule has 0 spiro atoms. The maximum Gasteiger partial charge on any atom is 0.171 e. The third-order valence-corrected chi connectivity index (χ3v) is 2.28. The molecule has 1 aliphatic rings. The molecular formula is C12H12O2. The highest BCUT2D eigenvalue weighted by Crippen LogP contribution is 2.07. The lowest BCUT2D eigenvalue weighted by Gasteiger charge is -2.14. The van der Waals surface area contributed by atoms with Gasteiger partial charge < -0.3 is 9.47 Å². The maximum atomic E-state index is 5.27. The highest BCUT2D eigenvalue weighted by molar-refractivity contribution is 5.46. The third kappa shape index (κ3) is 1.46. The fraction of sp³-hybridized carbons (Fsp3) is 0.250. The highest BCUT2D eigenvalue weighted by atomic mass is 16.5. The molecule has 0 fully saturated rings. The van der Waals surface area contributed by atoms with Gasteiger partial charge in [-0.25, -0.2) is 0 Å². The van der Waals surface area contributed by atoms with E-state index in [0.29, 0.717) is 0 Å². The van der Waals surface area contributed by atoms with E-state index >= 15 is 0 Å². The predicted octanol–water partition coefficient (Wildman–Crippen LogP) is 0.405. The summed E-state index contributed by atoms with van der Waals surface area (Å²) in [6.45, 7) is 0. The van der Waals surface area contributed by atoms with Crippen molar-refractivity contribution in [2.75, 3.05) is 14.2 Å². The lowest BCUT2D eigenvalue weighted by atomic mass is 10.1. The maximum absolute atomic E-state index is 5.27. The summed E-state index contributed by atoms with van der Waals surface area (Å²) in [4.78, 5) is 0. The van der Waals surface area contributed by atoms with Crippen LogP contribution in [0, 0.1) is 0 Å².